The summed E-state index contributed by atoms with van der Waals surface area (Å²) in [4.78, 5) is 17.5. The topological polar surface area (TPSA) is 23.6 Å². The van der Waals surface area contributed by atoms with Crippen molar-refractivity contribution in [1.29, 1.82) is 0 Å². The zero-order valence-electron chi connectivity index (χ0n) is 16.7. The molecule has 3 nitrogen and oxygen atoms in total. The summed E-state index contributed by atoms with van der Waals surface area (Å²) in [6.07, 6.45) is 3.72. The van der Waals surface area contributed by atoms with E-state index in [2.05, 4.69) is 11.9 Å². The van der Waals surface area contributed by atoms with Gasteiger partial charge in [0.05, 0.1) is 0 Å². The molecule has 0 saturated carbocycles. The van der Waals surface area contributed by atoms with Gasteiger partial charge in [0.1, 0.15) is 5.82 Å². The zero-order chi connectivity index (χ0) is 20.6. The van der Waals surface area contributed by atoms with Gasteiger partial charge in [0.25, 0.3) is 5.91 Å². The number of hydrogen-bond acceptors (Lipinski definition) is 2. The molecule has 0 spiro atoms. The van der Waals surface area contributed by atoms with E-state index in [1.165, 1.54) is 12.1 Å². The van der Waals surface area contributed by atoms with Crippen LogP contribution in [0.5, 0.6) is 0 Å². The molecule has 0 bridgehead atoms. The standard InChI is InChI=1S/C23H23Cl2FN2O.ClH/c1-27-10-7-23(8-11-27,17-2-4-20(26)5-3-17)21-6-9-28(22(21)29)15-16-12-18(24)14-19(25)13-16;/h2-6,12-14H,7-11,15H2,1H3;1H. The van der Waals surface area contributed by atoms with Crippen LogP contribution >= 0.6 is 35.6 Å². The van der Waals surface area contributed by atoms with Crippen LogP contribution in [0.15, 0.2) is 54.1 Å². The lowest BCUT2D eigenvalue weighted by Gasteiger charge is -2.42. The number of nitrogens with zero attached hydrogens (tertiary/aromatic N) is 2. The van der Waals surface area contributed by atoms with Crippen LogP contribution in [-0.4, -0.2) is 42.4 Å². The van der Waals surface area contributed by atoms with Gasteiger partial charge in [0, 0.05) is 34.1 Å². The summed E-state index contributed by atoms with van der Waals surface area (Å²) >= 11 is 12.2. The van der Waals surface area contributed by atoms with Crippen LogP contribution in [-0.2, 0) is 16.8 Å². The molecule has 0 aliphatic carbocycles. The first kappa shape index (κ1) is 23.1. The molecule has 2 aliphatic heterocycles. The normalized spacial score (nSPS) is 18.9. The smallest absolute Gasteiger partial charge is 0.251 e. The van der Waals surface area contributed by atoms with E-state index in [0.29, 0.717) is 23.1 Å². The summed E-state index contributed by atoms with van der Waals surface area (Å²) in [6.45, 7) is 2.80. The molecular weight excluding hydrogens is 446 g/mol. The van der Waals surface area contributed by atoms with E-state index in [4.69, 9.17) is 23.2 Å². The number of benzene rings is 2. The van der Waals surface area contributed by atoms with Crippen LogP contribution < -0.4 is 0 Å². The van der Waals surface area contributed by atoms with Crippen molar-refractivity contribution >= 4 is 41.5 Å². The minimum atomic E-state index is -0.377. The van der Waals surface area contributed by atoms with Crippen molar-refractivity contribution < 1.29 is 9.18 Å². The highest BCUT2D eigenvalue weighted by molar-refractivity contribution is 6.34. The van der Waals surface area contributed by atoms with Gasteiger partial charge in [-0.15, -0.1) is 12.4 Å². The highest BCUT2D eigenvalue weighted by Crippen LogP contribution is 2.44. The molecule has 0 radical (unpaired) electrons. The SMILES string of the molecule is CN1CCC(C2=CCN(Cc3cc(Cl)cc(Cl)c3)C2=O)(c2ccc(F)cc2)CC1.Cl. The third-order valence-electron chi connectivity index (χ3n) is 6.08. The second kappa shape index (κ2) is 9.27. The Morgan fingerprint density at radius 1 is 1.03 bits per heavy atom. The van der Waals surface area contributed by atoms with E-state index >= 15 is 0 Å². The molecule has 0 aromatic heterocycles. The fraction of sp³-hybridized carbons (Fsp3) is 0.348. The Labute approximate surface area is 192 Å². The van der Waals surface area contributed by atoms with Crippen LogP contribution in [0.4, 0.5) is 4.39 Å². The maximum Gasteiger partial charge on any atom is 0.251 e. The molecule has 2 aromatic carbocycles. The van der Waals surface area contributed by atoms with Crippen LogP contribution in [0.25, 0.3) is 0 Å². The molecule has 4 rings (SSSR count). The number of rotatable bonds is 4. The summed E-state index contributed by atoms with van der Waals surface area (Å²) in [7, 11) is 2.09. The van der Waals surface area contributed by atoms with Gasteiger partial charge in [-0.1, -0.05) is 41.4 Å². The van der Waals surface area contributed by atoms with E-state index in [1.807, 2.05) is 35.2 Å². The summed E-state index contributed by atoms with van der Waals surface area (Å²) in [5.74, 6) is -0.224. The highest BCUT2D eigenvalue weighted by atomic mass is 35.5. The number of amides is 1. The van der Waals surface area contributed by atoms with Crippen LogP contribution in [0, 0.1) is 5.82 Å². The third kappa shape index (κ3) is 4.52. The van der Waals surface area contributed by atoms with Crippen molar-refractivity contribution in [2.45, 2.75) is 24.8 Å². The average Bonchev–Trinajstić information content (AvgIpc) is 3.03. The minimum absolute atomic E-state index is 0. The van der Waals surface area contributed by atoms with Crippen molar-refractivity contribution in [2.24, 2.45) is 0 Å². The van der Waals surface area contributed by atoms with Crippen LogP contribution in [0.1, 0.15) is 24.0 Å². The number of hydrogen-bond donors (Lipinski definition) is 0. The molecule has 2 aliphatic rings. The summed E-state index contributed by atoms with van der Waals surface area (Å²) in [5, 5.41) is 1.12. The molecule has 0 unspecified atom stereocenters. The van der Waals surface area contributed by atoms with Gasteiger partial charge >= 0.3 is 0 Å². The fourth-order valence-corrected chi connectivity index (χ4v) is 5.06. The second-order valence-corrected chi connectivity index (χ2v) is 8.85. The van der Waals surface area contributed by atoms with E-state index in [9.17, 15) is 9.18 Å². The quantitative estimate of drug-likeness (QED) is 0.591. The average molecular weight is 470 g/mol. The molecular formula is C23H24Cl3FN2O. The molecule has 7 heteroatoms. The van der Waals surface area contributed by atoms with Gasteiger partial charge in [-0.05, 0) is 74.4 Å². The number of carbonyl (C=O) groups is 1. The van der Waals surface area contributed by atoms with Crippen LogP contribution in [0.2, 0.25) is 10.0 Å². The summed E-state index contributed by atoms with van der Waals surface area (Å²) < 4.78 is 13.5. The minimum Gasteiger partial charge on any atom is -0.331 e. The van der Waals surface area contributed by atoms with Crippen molar-refractivity contribution in [2.75, 3.05) is 26.7 Å². The number of carbonyl (C=O) groups excluding carboxylic acids is 1. The predicted octanol–water partition coefficient (Wildman–Crippen LogP) is 5.49. The molecule has 1 fully saturated rings. The first-order valence-corrected chi connectivity index (χ1v) is 10.5. The summed E-state index contributed by atoms with van der Waals surface area (Å²) in [5.41, 5.74) is 2.37. The number of likely N-dealkylation sites (tertiary alicyclic amines) is 1. The first-order valence-electron chi connectivity index (χ1n) is 9.77. The Morgan fingerprint density at radius 3 is 2.23 bits per heavy atom. The van der Waals surface area contributed by atoms with Gasteiger partial charge < -0.3 is 9.80 Å². The largest absolute Gasteiger partial charge is 0.331 e. The fourth-order valence-electron chi connectivity index (χ4n) is 4.48. The first-order chi connectivity index (χ1) is 13.9. The van der Waals surface area contributed by atoms with E-state index in [-0.39, 0.29) is 29.5 Å². The molecule has 0 N–H and O–H groups in total. The molecule has 30 heavy (non-hydrogen) atoms. The van der Waals surface area contributed by atoms with E-state index in [0.717, 1.165) is 42.6 Å². The Hall–Kier alpha value is -1.59. The Kier molecular flexibility index (Phi) is 7.13. The molecule has 1 amide bonds. The molecule has 2 aromatic rings. The maximum atomic E-state index is 13.5. The van der Waals surface area contributed by atoms with Gasteiger partial charge in [0.2, 0.25) is 0 Å². The number of piperidine rings is 1. The summed E-state index contributed by atoms with van der Waals surface area (Å²) in [6, 6.07) is 12.0. The van der Waals surface area contributed by atoms with Crippen molar-refractivity contribution in [1.82, 2.24) is 9.80 Å². The van der Waals surface area contributed by atoms with Crippen molar-refractivity contribution in [3.63, 3.8) is 0 Å². The number of halogens is 4. The van der Waals surface area contributed by atoms with E-state index < -0.39 is 0 Å². The highest BCUT2D eigenvalue weighted by Gasteiger charge is 2.44. The van der Waals surface area contributed by atoms with E-state index in [1.54, 1.807) is 6.07 Å². The lowest BCUT2D eigenvalue weighted by Crippen LogP contribution is -2.44. The Balaban J connectivity index is 0.00000256. The molecule has 0 atom stereocenters. The van der Waals surface area contributed by atoms with Crippen molar-refractivity contribution in [3.8, 4) is 0 Å². The van der Waals surface area contributed by atoms with Gasteiger partial charge in [-0.3, -0.25) is 4.79 Å². The Morgan fingerprint density at radius 2 is 1.63 bits per heavy atom. The second-order valence-electron chi connectivity index (χ2n) is 7.97. The van der Waals surface area contributed by atoms with Gasteiger partial charge in [0.15, 0.2) is 0 Å². The monoisotopic (exact) mass is 468 g/mol. The lowest BCUT2D eigenvalue weighted by molar-refractivity contribution is -0.126. The van der Waals surface area contributed by atoms with Gasteiger partial charge in [-0.25, -0.2) is 4.39 Å². The molecule has 1 saturated heterocycles. The van der Waals surface area contributed by atoms with Crippen LogP contribution in [0.3, 0.4) is 0 Å². The predicted molar refractivity (Wildman–Crippen MR) is 122 cm³/mol. The lowest BCUT2D eigenvalue weighted by atomic mass is 9.67. The maximum absolute atomic E-state index is 13.5. The molecule has 2 heterocycles. The molecule has 160 valence electrons. The van der Waals surface area contributed by atoms with Crippen molar-refractivity contribution in [3.05, 3.63) is 81.1 Å². The third-order valence-corrected chi connectivity index (χ3v) is 6.52. The Bertz CT molecular complexity index is 933. The van der Waals surface area contributed by atoms with Gasteiger partial charge in [-0.2, -0.15) is 0 Å². The zero-order valence-corrected chi connectivity index (χ0v) is 19.0.